The molecule has 0 aromatic rings. The summed E-state index contributed by atoms with van der Waals surface area (Å²) in [6.45, 7) is 8.07. The van der Waals surface area contributed by atoms with Gasteiger partial charge in [0.1, 0.15) is 0 Å². The van der Waals surface area contributed by atoms with Gasteiger partial charge in [-0.05, 0) is 52.0 Å². The molecule has 3 unspecified atom stereocenters. The maximum Gasteiger partial charge on any atom is 0.0477 e. The molecule has 3 nitrogen and oxygen atoms in total. The fourth-order valence-corrected chi connectivity index (χ4v) is 4.04. The van der Waals surface area contributed by atoms with Gasteiger partial charge in [0.05, 0.1) is 0 Å². The third-order valence-corrected chi connectivity index (χ3v) is 5.47. The van der Waals surface area contributed by atoms with Gasteiger partial charge < -0.3 is 10.1 Å². The Morgan fingerprint density at radius 1 is 1.20 bits per heavy atom. The Morgan fingerprint density at radius 2 is 1.95 bits per heavy atom. The van der Waals surface area contributed by atoms with E-state index in [9.17, 15) is 0 Å². The topological polar surface area (TPSA) is 24.5 Å². The van der Waals surface area contributed by atoms with Crippen molar-refractivity contribution in [3.8, 4) is 0 Å². The molecule has 1 aliphatic carbocycles. The molecule has 1 N–H and O–H groups in total. The van der Waals surface area contributed by atoms with Gasteiger partial charge in [-0.3, -0.25) is 4.90 Å². The van der Waals surface area contributed by atoms with Gasteiger partial charge in [-0.15, -0.1) is 0 Å². The summed E-state index contributed by atoms with van der Waals surface area (Å²) in [7, 11) is 1.81. The minimum Gasteiger partial charge on any atom is -0.385 e. The zero-order chi connectivity index (χ0) is 14.4. The molecule has 1 heterocycles. The van der Waals surface area contributed by atoms with Crippen LogP contribution in [0.2, 0.25) is 0 Å². The summed E-state index contributed by atoms with van der Waals surface area (Å²) >= 11 is 0. The molecule has 0 amide bonds. The Morgan fingerprint density at radius 3 is 2.65 bits per heavy atom. The van der Waals surface area contributed by atoms with Gasteiger partial charge in [0.25, 0.3) is 0 Å². The van der Waals surface area contributed by atoms with E-state index in [0.717, 1.165) is 18.9 Å². The monoisotopic (exact) mass is 282 g/mol. The molecule has 0 aromatic carbocycles. The Balaban J connectivity index is 1.94. The average Bonchev–Trinajstić information content (AvgIpc) is 2.67. The summed E-state index contributed by atoms with van der Waals surface area (Å²) in [5, 5.41) is 3.85. The zero-order valence-corrected chi connectivity index (χ0v) is 13.7. The molecule has 1 saturated carbocycles. The van der Waals surface area contributed by atoms with Crippen molar-refractivity contribution in [1.29, 1.82) is 0 Å². The third kappa shape index (κ3) is 4.44. The fourth-order valence-electron chi connectivity index (χ4n) is 4.04. The van der Waals surface area contributed by atoms with E-state index >= 15 is 0 Å². The molecule has 2 aliphatic rings. The lowest BCUT2D eigenvalue weighted by Crippen LogP contribution is -2.48. The van der Waals surface area contributed by atoms with E-state index in [4.69, 9.17) is 4.74 Å². The van der Waals surface area contributed by atoms with Crippen molar-refractivity contribution < 1.29 is 4.74 Å². The van der Waals surface area contributed by atoms with Crippen LogP contribution in [0.3, 0.4) is 0 Å². The lowest BCUT2D eigenvalue weighted by molar-refractivity contribution is 0.0984. The van der Waals surface area contributed by atoms with Crippen molar-refractivity contribution in [2.45, 2.75) is 76.9 Å². The van der Waals surface area contributed by atoms with Crippen molar-refractivity contribution in [3.05, 3.63) is 0 Å². The summed E-state index contributed by atoms with van der Waals surface area (Å²) in [5.41, 5.74) is 0. The Kier molecular flexibility index (Phi) is 6.79. The van der Waals surface area contributed by atoms with E-state index in [2.05, 4.69) is 24.1 Å². The van der Waals surface area contributed by atoms with Crippen LogP contribution in [-0.4, -0.2) is 49.8 Å². The standard InChI is InChI=1S/C17H34N2O/c1-14-9-11-18-17(16-7-5-4-6-8-16)13-19(14)15(2)10-12-20-3/h14-18H,4-13H2,1-3H3. The quantitative estimate of drug-likeness (QED) is 0.839. The summed E-state index contributed by atoms with van der Waals surface area (Å²) in [4.78, 5) is 2.73. The van der Waals surface area contributed by atoms with E-state index in [-0.39, 0.29) is 0 Å². The molecule has 0 radical (unpaired) electrons. The molecule has 3 heteroatoms. The highest BCUT2D eigenvalue weighted by Crippen LogP contribution is 2.29. The van der Waals surface area contributed by atoms with E-state index in [1.807, 2.05) is 7.11 Å². The van der Waals surface area contributed by atoms with Crippen molar-refractivity contribution in [2.24, 2.45) is 5.92 Å². The maximum atomic E-state index is 5.27. The van der Waals surface area contributed by atoms with Gasteiger partial charge in [-0.1, -0.05) is 19.3 Å². The lowest BCUT2D eigenvalue weighted by Gasteiger charge is -2.37. The van der Waals surface area contributed by atoms with E-state index in [1.165, 1.54) is 51.6 Å². The van der Waals surface area contributed by atoms with Crippen molar-refractivity contribution >= 4 is 0 Å². The van der Waals surface area contributed by atoms with Gasteiger partial charge in [0.2, 0.25) is 0 Å². The third-order valence-electron chi connectivity index (χ3n) is 5.47. The van der Waals surface area contributed by atoms with Crippen molar-refractivity contribution in [1.82, 2.24) is 10.2 Å². The maximum absolute atomic E-state index is 5.27. The minimum atomic E-state index is 0.635. The Hall–Kier alpha value is -0.120. The predicted molar refractivity (Wildman–Crippen MR) is 85.1 cm³/mol. The molecular weight excluding hydrogens is 248 g/mol. The van der Waals surface area contributed by atoms with Gasteiger partial charge in [-0.25, -0.2) is 0 Å². The Labute approximate surface area is 125 Å². The summed E-state index contributed by atoms with van der Waals surface area (Å²) < 4.78 is 5.27. The van der Waals surface area contributed by atoms with Crippen LogP contribution in [0.15, 0.2) is 0 Å². The largest absolute Gasteiger partial charge is 0.385 e. The predicted octanol–water partition coefficient (Wildman–Crippen LogP) is 3.04. The van der Waals surface area contributed by atoms with Crippen LogP contribution >= 0.6 is 0 Å². The second-order valence-electron chi connectivity index (χ2n) is 6.92. The number of methoxy groups -OCH3 is 1. The highest BCUT2D eigenvalue weighted by Gasteiger charge is 2.31. The number of hydrogen-bond donors (Lipinski definition) is 1. The van der Waals surface area contributed by atoms with Crippen LogP contribution in [0.25, 0.3) is 0 Å². The van der Waals surface area contributed by atoms with Crippen LogP contribution in [0.4, 0.5) is 0 Å². The second kappa shape index (κ2) is 8.35. The molecular formula is C17H34N2O. The molecule has 118 valence electrons. The van der Waals surface area contributed by atoms with Gasteiger partial charge in [0, 0.05) is 38.4 Å². The molecule has 20 heavy (non-hydrogen) atoms. The first-order chi connectivity index (χ1) is 9.72. The molecule has 1 saturated heterocycles. The van der Waals surface area contributed by atoms with E-state index < -0.39 is 0 Å². The lowest BCUT2D eigenvalue weighted by atomic mass is 9.83. The Bertz CT molecular complexity index is 266. The van der Waals surface area contributed by atoms with Crippen LogP contribution in [-0.2, 0) is 4.74 Å². The molecule has 0 spiro atoms. The van der Waals surface area contributed by atoms with Gasteiger partial charge in [-0.2, -0.15) is 0 Å². The van der Waals surface area contributed by atoms with Crippen LogP contribution < -0.4 is 5.32 Å². The number of ether oxygens (including phenoxy) is 1. The highest BCUT2D eigenvalue weighted by atomic mass is 16.5. The van der Waals surface area contributed by atoms with E-state index in [1.54, 1.807) is 0 Å². The highest BCUT2D eigenvalue weighted by molar-refractivity contribution is 4.88. The number of nitrogens with one attached hydrogen (secondary N) is 1. The molecule has 1 aliphatic heterocycles. The minimum absolute atomic E-state index is 0.635. The number of rotatable bonds is 5. The van der Waals surface area contributed by atoms with Gasteiger partial charge >= 0.3 is 0 Å². The summed E-state index contributed by atoms with van der Waals surface area (Å²) in [6, 6.07) is 2.05. The molecule has 3 atom stereocenters. The summed E-state index contributed by atoms with van der Waals surface area (Å²) in [6.07, 6.45) is 9.64. The summed E-state index contributed by atoms with van der Waals surface area (Å²) in [5.74, 6) is 0.908. The number of nitrogens with zero attached hydrogens (tertiary/aromatic N) is 1. The first kappa shape index (κ1) is 16.3. The van der Waals surface area contributed by atoms with Gasteiger partial charge in [0.15, 0.2) is 0 Å². The smallest absolute Gasteiger partial charge is 0.0477 e. The van der Waals surface area contributed by atoms with Crippen molar-refractivity contribution in [2.75, 3.05) is 26.8 Å². The number of hydrogen-bond acceptors (Lipinski definition) is 3. The first-order valence-corrected chi connectivity index (χ1v) is 8.70. The normalized spacial score (nSPS) is 31.9. The van der Waals surface area contributed by atoms with E-state index in [0.29, 0.717) is 18.1 Å². The first-order valence-electron chi connectivity index (χ1n) is 8.70. The van der Waals surface area contributed by atoms with Crippen molar-refractivity contribution in [3.63, 3.8) is 0 Å². The fraction of sp³-hybridized carbons (Fsp3) is 1.00. The average molecular weight is 282 g/mol. The van der Waals surface area contributed by atoms with Crippen LogP contribution in [0.1, 0.15) is 58.8 Å². The molecule has 0 bridgehead atoms. The van der Waals surface area contributed by atoms with Crippen LogP contribution in [0, 0.1) is 5.92 Å². The molecule has 0 aromatic heterocycles. The zero-order valence-electron chi connectivity index (χ0n) is 13.7. The molecule has 2 fully saturated rings. The SMILES string of the molecule is COCCC(C)N1CC(C2CCCCC2)NCCC1C. The molecule has 2 rings (SSSR count). The second-order valence-corrected chi connectivity index (χ2v) is 6.92. The van der Waals surface area contributed by atoms with Crippen LogP contribution in [0.5, 0.6) is 0 Å².